The molecule has 0 aromatic heterocycles. The number of hydrogen-bond acceptors (Lipinski definition) is 1. The van der Waals surface area contributed by atoms with Gasteiger partial charge in [0.05, 0.1) is 0 Å². The number of nitrogens with one attached hydrogen (secondary N) is 1. The molecule has 1 nitrogen and oxygen atoms in total. The van der Waals surface area contributed by atoms with Gasteiger partial charge in [-0.3, -0.25) is 0 Å². The maximum atomic E-state index is 3.71. The number of rotatable bonds is 8. The van der Waals surface area contributed by atoms with E-state index in [1.54, 1.807) is 0 Å². The first kappa shape index (κ1) is 18.2. The molecule has 0 aliphatic rings. The first-order chi connectivity index (χ1) is 9.84. The molecule has 1 aromatic rings. The van der Waals surface area contributed by atoms with Crippen LogP contribution >= 0.6 is 0 Å². The van der Waals surface area contributed by atoms with Gasteiger partial charge in [-0.15, -0.1) is 0 Å². The van der Waals surface area contributed by atoms with Crippen molar-refractivity contribution in [1.29, 1.82) is 0 Å². The molecule has 0 amide bonds. The summed E-state index contributed by atoms with van der Waals surface area (Å²) in [6.07, 6.45) is 5.14. The van der Waals surface area contributed by atoms with Crippen LogP contribution in [0.15, 0.2) is 24.3 Å². The topological polar surface area (TPSA) is 12.0 Å². The van der Waals surface area contributed by atoms with Crippen LogP contribution in [0.1, 0.15) is 65.0 Å². The summed E-state index contributed by atoms with van der Waals surface area (Å²) in [7, 11) is 0. The highest BCUT2D eigenvalue weighted by Gasteiger charge is 2.18. The summed E-state index contributed by atoms with van der Waals surface area (Å²) in [6.45, 7) is 14.7. The van der Waals surface area contributed by atoms with Gasteiger partial charge >= 0.3 is 0 Å². The maximum absolute atomic E-state index is 3.71. The normalized spacial score (nSPS) is 13.7. The van der Waals surface area contributed by atoms with E-state index in [1.165, 1.54) is 36.8 Å². The van der Waals surface area contributed by atoms with E-state index in [-0.39, 0.29) is 5.54 Å². The van der Waals surface area contributed by atoms with Crippen LogP contribution in [0.4, 0.5) is 0 Å². The maximum Gasteiger partial charge on any atom is 0.00966 e. The van der Waals surface area contributed by atoms with Crippen LogP contribution < -0.4 is 5.32 Å². The van der Waals surface area contributed by atoms with Gasteiger partial charge in [-0.05, 0) is 64.5 Å². The molecular formula is C20H35N. The van der Waals surface area contributed by atoms with Crippen LogP contribution in [0, 0.1) is 18.8 Å². The summed E-state index contributed by atoms with van der Waals surface area (Å²) >= 11 is 0. The smallest absolute Gasteiger partial charge is 0.00966 e. The molecule has 0 heterocycles. The van der Waals surface area contributed by atoms with Gasteiger partial charge in [-0.2, -0.15) is 0 Å². The highest BCUT2D eigenvalue weighted by molar-refractivity contribution is 5.21. The second-order valence-corrected chi connectivity index (χ2v) is 7.60. The van der Waals surface area contributed by atoms with Crippen molar-refractivity contribution in [3.05, 3.63) is 35.4 Å². The molecule has 1 aromatic carbocycles. The van der Waals surface area contributed by atoms with Gasteiger partial charge in [-0.1, -0.05) is 56.5 Å². The third kappa shape index (κ3) is 7.66. The molecule has 0 bridgehead atoms. The molecule has 0 radical (unpaired) electrons. The summed E-state index contributed by atoms with van der Waals surface area (Å²) in [6, 6.07) is 9.07. The number of aryl methyl sites for hydroxylation is 1. The van der Waals surface area contributed by atoms with Crippen LogP contribution in [0.3, 0.4) is 0 Å². The van der Waals surface area contributed by atoms with Crippen molar-refractivity contribution >= 4 is 0 Å². The first-order valence-electron chi connectivity index (χ1n) is 8.64. The molecule has 1 atom stereocenters. The minimum Gasteiger partial charge on any atom is -0.312 e. The fraction of sp³-hybridized carbons (Fsp3) is 0.700. The highest BCUT2D eigenvalue weighted by atomic mass is 14.9. The molecule has 0 aliphatic heterocycles. The number of hydrogen-bond donors (Lipinski definition) is 1. The standard InChI is InChI=1S/C20H35N/c1-7-17(8-2)13-19(15-21-20(4,5)6)14-18-11-9-16(3)10-12-18/h9-12,17,19,21H,7-8,13-15H2,1-6H3. The summed E-state index contributed by atoms with van der Waals surface area (Å²) in [5, 5.41) is 3.71. The van der Waals surface area contributed by atoms with E-state index in [0.717, 1.165) is 18.4 Å². The summed E-state index contributed by atoms with van der Waals surface area (Å²) in [4.78, 5) is 0. The monoisotopic (exact) mass is 289 g/mol. The Labute approximate surface area is 132 Å². The SMILES string of the molecule is CCC(CC)CC(CNC(C)(C)C)Cc1ccc(C)cc1. The van der Waals surface area contributed by atoms with Crippen LogP contribution in [0.2, 0.25) is 0 Å². The van der Waals surface area contributed by atoms with E-state index in [4.69, 9.17) is 0 Å². The molecule has 1 N–H and O–H groups in total. The lowest BCUT2D eigenvalue weighted by atomic mass is 9.86. The van der Waals surface area contributed by atoms with Gasteiger partial charge < -0.3 is 5.32 Å². The Morgan fingerprint density at radius 3 is 2.00 bits per heavy atom. The van der Waals surface area contributed by atoms with Gasteiger partial charge in [0.25, 0.3) is 0 Å². The quantitative estimate of drug-likeness (QED) is 0.678. The van der Waals surface area contributed by atoms with Gasteiger partial charge in [-0.25, -0.2) is 0 Å². The molecule has 0 saturated heterocycles. The molecule has 0 spiro atoms. The van der Waals surface area contributed by atoms with Crippen molar-refractivity contribution in [2.24, 2.45) is 11.8 Å². The number of benzene rings is 1. The zero-order chi connectivity index (χ0) is 15.9. The second-order valence-electron chi connectivity index (χ2n) is 7.60. The highest BCUT2D eigenvalue weighted by Crippen LogP contribution is 2.22. The van der Waals surface area contributed by atoms with Crippen molar-refractivity contribution < 1.29 is 0 Å². The van der Waals surface area contributed by atoms with E-state index in [9.17, 15) is 0 Å². The Morgan fingerprint density at radius 1 is 0.952 bits per heavy atom. The zero-order valence-electron chi connectivity index (χ0n) is 15.0. The lowest BCUT2D eigenvalue weighted by molar-refractivity contribution is 0.306. The minimum atomic E-state index is 0.208. The summed E-state index contributed by atoms with van der Waals surface area (Å²) < 4.78 is 0. The molecule has 0 fully saturated rings. The van der Waals surface area contributed by atoms with E-state index in [0.29, 0.717) is 0 Å². The largest absolute Gasteiger partial charge is 0.312 e. The van der Waals surface area contributed by atoms with E-state index >= 15 is 0 Å². The Balaban J connectivity index is 2.68. The van der Waals surface area contributed by atoms with Crippen molar-refractivity contribution in [3.8, 4) is 0 Å². The second kappa shape index (κ2) is 8.58. The van der Waals surface area contributed by atoms with E-state index in [1.807, 2.05) is 0 Å². The van der Waals surface area contributed by atoms with E-state index in [2.05, 4.69) is 71.1 Å². The minimum absolute atomic E-state index is 0.208. The fourth-order valence-corrected chi connectivity index (χ4v) is 2.84. The lowest BCUT2D eigenvalue weighted by Gasteiger charge is -2.27. The Morgan fingerprint density at radius 2 is 1.52 bits per heavy atom. The Bertz CT molecular complexity index is 381. The molecule has 120 valence electrons. The molecule has 1 unspecified atom stereocenters. The van der Waals surface area contributed by atoms with Crippen LogP contribution in [-0.2, 0) is 6.42 Å². The molecule has 0 aliphatic carbocycles. The third-order valence-corrected chi connectivity index (χ3v) is 4.39. The van der Waals surface area contributed by atoms with Gasteiger partial charge in [0.15, 0.2) is 0 Å². The Hall–Kier alpha value is -0.820. The Kier molecular flexibility index (Phi) is 7.45. The first-order valence-corrected chi connectivity index (χ1v) is 8.64. The molecular weight excluding hydrogens is 254 g/mol. The van der Waals surface area contributed by atoms with Gasteiger partial charge in [0.2, 0.25) is 0 Å². The van der Waals surface area contributed by atoms with Crippen molar-refractivity contribution in [2.75, 3.05) is 6.54 Å². The van der Waals surface area contributed by atoms with Crippen molar-refractivity contribution in [1.82, 2.24) is 5.32 Å². The summed E-state index contributed by atoms with van der Waals surface area (Å²) in [5.74, 6) is 1.60. The molecule has 0 saturated carbocycles. The molecule has 21 heavy (non-hydrogen) atoms. The zero-order valence-corrected chi connectivity index (χ0v) is 15.0. The predicted molar refractivity (Wildman–Crippen MR) is 94.8 cm³/mol. The van der Waals surface area contributed by atoms with Crippen LogP contribution in [-0.4, -0.2) is 12.1 Å². The molecule has 1 rings (SSSR count). The lowest BCUT2D eigenvalue weighted by Crippen LogP contribution is -2.40. The average Bonchev–Trinajstić information content (AvgIpc) is 2.43. The van der Waals surface area contributed by atoms with Crippen molar-refractivity contribution in [3.63, 3.8) is 0 Å². The van der Waals surface area contributed by atoms with Crippen LogP contribution in [0.25, 0.3) is 0 Å². The fourth-order valence-electron chi connectivity index (χ4n) is 2.84. The van der Waals surface area contributed by atoms with Gasteiger partial charge in [0, 0.05) is 5.54 Å². The van der Waals surface area contributed by atoms with Gasteiger partial charge in [0.1, 0.15) is 0 Å². The van der Waals surface area contributed by atoms with Crippen molar-refractivity contribution in [2.45, 2.75) is 72.8 Å². The molecule has 1 heteroatoms. The third-order valence-electron chi connectivity index (χ3n) is 4.39. The average molecular weight is 290 g/mol. The van der Waals surface area contributed by atoms with Crippen LogP contribution in [0.5, 0.6) is 0 Å². The predicted octanol–water partition coefficient (Wildman–Crippen LogP) is 5.37. The van der Waals surface area contributed by atoms with E-state index < -0.39 is 0 Å². The summed E-state index contributed by atoms with van der Waals surface area (Å²) in [5.41, 5.74) is 3.04.